The second-order valence-electron chi connectivity index (χ2n) is 4.90. The molecular weight excluding hydrogens is 284 g/mol. The maximum absolute atomic E-state index is 11.0. The Morgan fingerprint density at radius 2 is 2.14 bits per heavy atom. The van der Waals surface area contributed by atoms with Gasteiger partial charge in [0.2, 0.25) is 0 Å². The molecule has 2 heterocycles. The summed E-state index contributed by atoms with van der Waals surface area (Å²) in [6, 6.07) is 8.45. The smallest absolute Gasteiger partial charge is 0.270 e. The van der Waals surface area contributed by atoms with Crippen LogP contribution in [-0.4, -0.2) is 26.8 Å². The van der Waals surface area contributed by atoms with Crippen molar-refractivity contribution in [2.24, 2.45) is 7.05 Å². The minimum Gasteiger partial charge on any atom is -0.378 e. The number of rotatable bonds is 4. The lowest BCUT2D eigenvalue weighted by Gasteiger charge is -2.02. The third kappa shape index (κ3) is 2.42. The Morgan fingerprint density at radius 1 is 1.32 bits per heavy atom. The van der Waals surface area contributed by atoms with Crippen molar-refractivity contribution in [3.63, 3.8) is 0 Å². The van der Waals surface area contributed by atoms with E-state index in [4.69, 9.17) is 4.74 Å². The summed E-state index contributed by atoms with van der Waals surface area (Å²) >= 11 is 0. The molecule has 0 N–H and O–H groups in total. The van der Waals surface area contributed by atoms with E-state index in [1.165, 1.54) is 6.07 Å². The van der Waals surface area contributed by atoms with Crippen LogP contribution in [0.5, 0.6) is 0 Å². The number of pyridine rings is 1. The number of aryl methyl sites for hydroxylation is 1. The summed E-state index contributed by atoms with van der Waals surface area (Å²) in [6.45, 7) is 0.402. The van der Waals surface area contributed by atoms with E-state index in [1.807, 2.05) is 19.2 Å². The summed E-state index contributed by atoms with van der Waals surface area (Å²) in [7, 11) is 3.42. The van der Waals surface area contributed by atoms with E-state index < -0.39 is 4.92 Å². The number of hydrogen-bond donors (Lipinski definition) is 0. The average molecular weight is 298 g/mol. The van der Waals surface area contributed by atoms with E-state index in [0.29, 0.717) is 12.3 Å². The molecule has 0 unspecified atom stereocenters. The van der Waals surface area contributed by atoms with Gasteiger partial charge in [0, 0.05) is 43.4 Å². The van der Waals surface area contributed by atoms with Crippen molar-refractivity contribution >= 4 is 16.6 Å². The third-order valence-electron chi connectivity index (χ3n) is 3.43. The third-order valence-corrected chi connectivity index (χ3v) is 3.43. The molecule has 0 aliphatic carbocycles. The van der Waals surface area contributed by atoms with Crippen LogP contribution < -0.4 is 0 Å². The number of methoxy groups -OCH3 is 1. The molecule has 3 rings (SSSR count). The highest BCUT2D eigenvalue weighted by Crippen LogP contribution is 2.30. The molecule has 0 spiro atoms. The van der Waals surface area contributed by atoms with Crippen molar-refractivity contribution in [2.45, 2.75) is 6.61 Å². The van der Waals surface area contributed by atoms with Gasteiger partial charge in [0.15, 0.2) is 0 Å². The minimum atomic E-state index is -0.404. The lowest BCUT2D eigenvalue weighted by Crippen LogP contribution is -1.93. The van der Waals surface area contributed by atoms with E-state index in [2.05, 4.69) is 10.1 Å². The fourth-order valence-electron chi connectivity index (χ4n) is 2.43. The van der Waals surface area contributed by atoms with Crippen LogP contribution in [0.2, 0.25) is 0 Å². The number of aromatic nitrogens is 3. The summed E-state index contributed by atoms with van der Waals surface area (Å²) in [5, 5.41) is 16.2. The van der Waals surface area contributed by atoms with Crippen LogP contribution in [0.25, 0.3) is 22.2 Å². The van der Waals surface area contributed by atoms with Gasteiger partial charge < -0.3 is 4.74 Å². The Balaban J connectivity index is 2.19. The predicted octanol–water partition coefficient (Wildman–Crippen LogP) is 2.69. The molecule has 0 fully saturated rings. The molecule has 0 bridgehead atoms. The topological polar surface area (TPSA) is 83.1 Å². The molecule has 2 aromatic heterocycles. The lowest BCUT2D eigenvalue weighted by molar-refractivity contribution is -0.384. The Morgan fingerprint density at radius 3 is 2.86 bits per heavy atom. The Hall–Kier alpha value is -2.80. The van der Waals surface area contributed by atoms with Gasteiger partial charge in [-0.1, -0.05) is 0 Å². The van der Waals surface area contributed by atoms with Crippen LogP contribution in [0.4, 0.5) is 5.69 Å². The number of hydrogen-bond acceptors (Lipinski definition) is 5. The molecule has 0 radical (unpaired) electrons. The highest BCUT2D eigenvalue weighted by molar-refractivity contribution is 5.94. The number of nitro benzene ring substituents is 1. The van der Waals surface area contributed by atoms with Crippen molar-refractivity contribution in [3.8, 4) is 11.3 Å². The summed E-state index contributed by atoms with van der Waals surface area (Å²) in [5.74, 6) is 0. The number of benzene rings is 1. The minimum absolute atomic E-state index is 0.0490. The van der Waals surface area contributed by atoms with Gasteiger partial charge in [-0.3, -0.25) is 19.8 Å². The monoisotopic (exact) mass is 298 g/mol. The molecule has 7 nitrogen and oxygen atoms in total. The number of fused-ring (bicyclic) bond motifs is 1. The van der Waals surface area contributed by atoms with Gasteiger partial charge in [-0.05, 0) is 18.2 Å². The fraction of sp³-hybridized carbons (Fsp3) is 0.200. The molecule has 1 aromatic carbocycles. The number of nitro groups is 1. The molecule has 22 heavy (non-hydrogen) atoms. The number of ether oxygens (including phenoxy) is 1. The van der Waals surface area contributed by atoms with Gasteiger partial charge in [0.05, 0.1) is 22.7 Å². The van der Waals surface area contributed by atoms with Gasteiger partial charge in [0.25, 0.3) is 5.69 Å². The zero-order valence-electron chi connectivity index (χ0n) is 12.2. The summed E-state index contributed by atoms with van der Waals surface area (Å²) < 4.78 is 6.80. The van der Waals surface area contributed by atoms with Crippen molar-refractivity contribution in [1.29, 1.82) is 0 Å². The summed E-state index contributed by atoms with van der Waals surface area (Å²) in [4.78, 5) is 14.8. The zero-order valence-corrected chi connectivity index (χ0v) is 12.2. The Labute approximate surface area is 126 Å². The number of non-ortho nitro benzene ring substituents is 1. The second kappa shape index (κ2) is 5.53. The molecule has 112 valence electrons. The van der Waals surface area contributed by atoms with E-state index in [0.717, 1.165) is 22.2 Å². The van der Waals surface area contributed by atoms with E-state index in [1.54, 1.807) is 30.1 Å². The first-order valence-corrected chi connectivity index (χ1v) is 6.65. The molecule has 0 saturated heterocycles. The summed E-state index contributed by atoms with van der Waals surface area (Å²) in [6.07, 6.45) is 1.68. The highest BCUT2D eigenvalue weighted by Gasteiger charge is 2.15. The van der Waals surface area contributed by atoms with Crippen LogP contribution in [0.3, 0.4) is 0 Å². The van der Waals surface area contributed by atoms with Crippen LogP contribution in [0.15, 0.2) is 36.5 Å². The molecule has 0 amide bonds. The first-order chi connectivity index (χ1) is 10.6. The molecular formula is C15H14N4O3. The van der Waals surface area contributed by atoms with Crippen molar-refractivity contribution in [1.82, 2.24) is 14.8 Å². The van der Waals surface area contributed by atoms with Gasteiger partial charge in [-0.15, -0.1) is 0 Å². The maximum Gasteiger partial charge on any atom is 0.270 e. The van der Waals surface area contributed by atoms with Gasteiger partial charge >= 0.3 is 0 Å². The number of nitrogens with zero attached hydrogens (tertiary/aromatic N) is 4. The van der Waals surface area contributed by atoms with Crippen LogP contribution in [0, 0.1) is 10.1 Å². The Bertz CT molecular complexity index is 857. The quantitative estimate of drug-likeness (QED) is 0.546. The predicted molar refractivity (Wildman–Crippen MR) is 81.3 cm³/mol. The molecule has 0 aliphatic heterocycles. The van der Waals surface area contributed by atoms with E-state index in [9.17, 15) is 10.1 Å². The summed E-state index contributed by atoms with van der Waals surface area (Å²) in [5.41, 5.74) is 3.22. The second-order valence-corrected chi connectivity index (χ2v) is 4.90. The lowest BCUT2D eigenvalue weighted by atomic mass is 10.1. The SMILES string of the molecule is COCc1cc(-c2nn(C)c3ccc([N+](=O)[O-])cc23)ccn1. The molecule has 7 heteroatoms. The largest absolute Gasteiger partial charge is 0.378 e. The normalized spacial score (nSPS) is 11.0. The molecule has 3 aromatic rings. The van der Waals surface area contributed by atoms with Crippen molar-refractivity contribution in [2.75, 3.05) is 7.11 Å². The average Bonchev–Trinajstić information content (AvgIpc) is 2.84. The Kier molecular flexibility index (Phi) is 3.56. The zero-order chi connectivity index (χ0) is 15.7. The van der Waals surface area contributed by atoms with E-state index in [-0.39, 0.29) is 5.69 Å². The first kappa shape index (κ1) is 14.2. The highest BCUT2D eigenvalue weighted by atomic mass is 16.6. The molecule has 0 saturated carbocycles. The van der Waals surface area contributed by atoms with Gasteiger partial charge in [-0.25, -0.2) is 0 Å². The van der Waals surface area contributed by atoms with E-state index >= 15 is 0 Å². The van der Waals surface area contributed by atoms with Crippen LogP contribution in [-0.2, 0) is 18.4 Å². The van der Waals surface area contributed by atoms with Crippen molar-refractivity contribution < 1.29 is 9.66 Å². The first-order valence-electron chi connectivity index (χ1n) is 6.65. The van der Waals surface area contributed by atoms with Crippen LogP contribution >= 0.6 is 0 Å². The fourth-order valence-corrected chi connectivity index (χ4v) is 2.43. The molecule has 0 aliphatic rings. The standard InChI is InChI=1S/C15H14N4O3/c1-18-14-4-3-12(19(20)21)8-13(14)15(17-18)10-5-6-16-11(7-10)9-22-2/h3-8H,9H2,1-2H3. The maximum atomic E-state index is 11.0. The van der Waals surface area contributed by atoms with Crippen LogP contribution in [0.1, 0.15) is 5.69 Å². The van der Waals surface area contributed by atoms with Crippen molar-refractivity contribution in [3.05, 3.63) is 52.3 Å². The molecule has 0 atom stereocenters. The van der Waals surface area contributed by atoms with Gasteiger partial charge in [-0.2, -0.15) is 5.10 Å². The van der Waals surface area contributed by atoms with Gasteiger partial charge in [0.1, 0.15) is 5.69 Å².